The van der Waals surface area contributed by atoms with E-state index in [-0.39, 0.29) is 57.3 Å². The summed E-state index contributed by atoms with van der Waals surface area (Å²) in [6, 6.07) is -0.589. The number of rotatable bonds is 40. The average Bonchev–Trinajstić information content (AvgIpc) is 3.80. The van der Waals surface area contributed by atoms with Crippen molar-refractivity contribution < 1.29 is 102 Å². The largest absolute Gasteiger partial charge is 0.420 e. The van der Waals surface area contributed by atoms with E-state index in [1.807, 2.05) is 0 Å². The van der Waals surface area contributed by atoms with Crippen LogP contribution in [0.4, 0.5) is 17.6 Å². The lowest BCUT2D eigenvalue weighted by Crippen LogP contribution is -2.48. The molecule has 1 fully saturated rings. The number of hydrogen-bond donors (Lipinski definition) is 3. The summed E-state index contributed by atoms with van der Waals surface area (Å²) >= 11 is 0. The molecule has 21 nitrogen and oxygen atoms in total. The molecule has 1 heterocycles. The van der Waals surface area contributed by atoms with Gasteiger partial charge in [0, 0.05) is 20.1 Å². The summed E-state index contributed by atoms with van der Waals surface area (Å²) in [4.78, 5) is 38.2. The first kappa shape index (κ1) is 59.2. The Morgan fingerprint density at radius 3 is 1.45 bits per heavy atom. The van der Waals surface area contributed by atoms with Crippen molar-refractivity contribution >= 4 is 27.9 Å². The number of halogens is 4. The second-order valence-electron chi connectivity index (χ2n) is 13.8. The smallest absolute Gasteiger partial charge is 0.313 e. The SMILES string of the molecule is C=C/C=C(/C(=O)N1CCC[C@@H]1C(=O)NCCOCCOCCOCCOCCOCCOCCOCCOCCOCCOCCC(=O)Oc1c(F)c(F)c(S(=O)(=O)O)c(F)c1F)N(C)CO. The molecule has 1 aromatic rings. The van der Waals surface area contributed by atoms with E-state index in [2.05, 4.69) is 16.6 Å². The van der Waals surface area contributed by atoms with Gasteiger partial charge < -0.3 is 72.3 Å². The van der Waals surface area contributed by atoms with E-state index >= 15 is 0 Å². The molecular formula is C41H63F4N3O18S. The van der Waals surface area contributed by atoms with E-state index in [0.29, 0.717) is 125 Å². The Morgan fingerprint density at radius 1 is 0.687 bits per heavy atom. The Hall–Kier alpha value is -3.90. The molecule has 1 aliphatic rings. The van der Waals surface area contributed by atoms with Crippen LogP contribution in [0.5, 0.6) is 5.75 Å². The molecule has 3 N–H and O–H groups in total. The molecule has 1 aliphatic heterocycles. The molecule has 1 saturated heterocycles. The minimum atomic E-state index is -5.65. The van der Waals surface area contributed by atoms with Gasteiger partial charge in [0.05, 0.1) is 139 Å². The average molecular weight is 994 g/mol. The Morgan fingerprint density at radius 2 is 1.07 bits per heavy atom. The van der Waals surface area contributed by atoms with Crippen molar-refractivity contribution in [3.63, 3.8) is 0 Å². The number of amides is 2. The number of aliphatic hydroxyl groups excluding tert-OH is 1. The van der Waals surface area contributed by atoms with Gasteiger partial charge in [-0.2, -0.15) is 17.2 Å². The Labute approximate surface area is 387 Å². The lowest BCUT2D eigenvalue weighted by molar-refractivity contribution is -0.137. The summed E-state index contributed by atoms with van der Waals surface area (Å²) in [5.74, 6) is -13.3. The first-order valence-electron chi connectivity index (χ1n) is 21.3. The first-order chi connectivity index (χ1) is 32.3. The molecule has 0 aromatic heterocycles. The number of aliphatic hydroxyl groups is 1. The molecule has 0 saturated carbocycles. The van der Waals surface area contributed by atoms with Crippen molar-refractivity contribution in [1.29, 1.82) is 0 Å². The lowest BCUT2D eigenvalue weighted by atomic mass is 10.2. The van der Waals surface area contributed by atoms with Crippen molar-refractivity contribution in [3.8, 4) is 5.75 Å². The number of carbonyl (C=O) groups is 3. The van der Waals surface area contributed by atoms with E-state index < -0.39 is 62.5 Å². The van der Waals surface area contributed by atoms with E-state index in [1.165, 1.54) is 22.0 Å². The quantitative estimate of drug-likeness (QED) is 0.00956. The normalized spacial score (nSPS) is 14.2. The summed E-state index contributed by atoms with van der Waals surface area (Å²) in [5, 5.41) is 12.3. The Balaban J connectivity index is 1.28. The van der Waals surface area contributed by atoms with Crippen LogP contribution in [-0.4, -0.2) is 211 Å². The maximum atomic E-state index is 14.0. The van der Waals surface area contributed by atoms with Crippen molar-refractivity contribution in [2.75, 3.05) is 159 Å². The molecule has 0 unspecified atom stereocenters. The number of likely N-dealkylation sites (N-methyl/N-ethyl adjacent to an activating group) is 1. The number of esters is 1. The van der Waals surface area contributed by atoms with Crippen LogP contribution in [0, 0.1) is 23.3 Å². The number of carbonyl (C=O) groups excluding carboxylic acids is 3. The van der Waals surface area contributed by atoms with Gasteiger partial charge in [0.1, 0.15) is 18.5 Å². The molecule has 67 heavy (non-hydrogen) atoms. The predicted molar refractivity (Wildman–Crippen MR) is 225 cm³/mol. The van der Waals surface area contributed by atoms with E-state index in [4.69, 9.17) is 51.9 Å². The molecule has 1 atom stereocenters. The topological polar surface area (TPSA) is 246 Å². The highest BCUT2D eigenvalue weighted by molar-refractivity contribution is 7.85. The zero-order valence-corrected chi connectivity index (χ0v) is 38.4. The number of nitrogens with one attached hydrogen (secondary N) is 1. The van der Waals surface area contributed by atoms with Gasteiger partial charge in [0.25, 0.3) is 5.91 Å². The third kappa shape index (κ3) is 23.8. The van der Waals surface area contributed by atoms with Gasteiger partial charge in [0.2, 0.25) is 23.3 Å². The molecule has 0 bridgehead atoms. The molecule has 0 aliphatic carbocycles. The molecule has 2 amide bonds. The summed E-state index contributed by atoms with van der Waals surface area (Å²) < 4.78 is 145. The van der Waals surface area contributed by atoms with E-state index in [9.17, 15) is 45.5 Å². The maximum Gasteiger partial charge on any atom is 0.313 e. The predicted octanol–water partition coefficient (Wildman–Crippen LogP) is 1.01. The van der Waals surface area contributed by atoms with Crippen molar-refractivity contribution in [3.05, 3.63) is 47.7 Å². The fourth-order valence-corrected chi connectivity index (χ4v) is 6.28. The summed E-state index contributed by atoms with van der Waals surface area (Å²) in [7, 11) is -4.06. The van der Waals surface area contributed by atoms with Gasteiger partial charge >= 0.3 is 16.1 Å². The standard InChI is InChI=1S/C41H63F4N3O18S/c1-3-5-32(47(2)30-49)41(52)48-9-4-6-31(48)40(51)46-8-11-57-13-15-59-17-19-61-21-23-63-25-27-65-29-28-64-26-24-62-22-20-60-18-16-58-14-12-56-10-7-33(50)66-38-34(42)36(44)39(67(53,54)55)37(45)35(38)43/h3,5,31,49H,1,4,6-30H2,2H3,(H,46,51)(H,53,54,55)/b32-5-/t31-/m1/s1. The highest BCUT2D eigenvalue weighted by Crippen LogP contribution is 2.32. The number of benzene rings is 1. The number of likely N-dealkylation sites (tertiary alicyclic amines) is 1. The van der Waals surface area contributed by atoms with Crippen LogP contribution in [0.2, 0.25) is 0 Å². The number of nitrogens with zero attached hydrogens (tertiary/aromatic N) is 2. The van der Waals surface area contributed by atoms with Gasteiger partial charge in [-0.1, -0.05) is 12.7 Å². The Kier molecular flexibility index (Phi) is 31.2. The zero-order valence-electron chi connectivity index (χ0n) is 37.6. The van der Waals surface area contributed by atoms with Crippen LogP contribution >= 0.6 is 0 Å². The van der Waals surface area contributed by atoms with Gasteiger partial charge in [-0.3, -0.25) is 18.9 Å². The van der Waals surface area contributed by atoms with Gasteiger partial charge in [0.15, 0.2) is 16.5 Å². The highest BCUT2D eigenvalue weighted by atomic mass is 32.2. The van der Waals surface area contributed by atoms with Gasteiger partial charge in [-0.15, -0.1) is 0 Å². The molecule has 0 spiro atoms. The van der Waals surface area contributed by atoms with Crippen molar-refractivity contribution in [2.45, 2.75) is 30.2 Å². The van der Waals surface area contributed by atoms with Crippen LogP contribution in [0.25, 0.3) is 0 Å². The molecule has 2 rings (SSSR count). The van der Waals surface area contributed by atoms with Crippen LogP contribution in [0.1, 0.15) is 19.3 Å². The monoisotopic (exact) mass is 993 g/mol. The van der Waals surface area contributed by atoms with Crippen molar-refractivity contribution in [2.24, 2.45) is 0 Å². The minimum Gasteiger partial charge on any atom is -0.420 e. The summed E-state index contributed by atoms with van der Waals surface area (Å²) in [6.07, 6.45) is 3.66. The van der Waals surface area contributed by atoms with Crippen LogP contribution in [-0.2, 0) is 71.9 Å². The van der Waals surface area contributed by atoms with Gasteiger partial charge in [-0.05, 0) is 18.9 Å². The summed E-state index contributed by atoms with van der Waals surface area (Å²) in [6.45, 7) is 9.87. The fraction of sp³-hybridized carbons (Fsp3) is 0.683. The first-order valence-corrected chi connectivity index (χ1v) is 22.7. The van der Waals surface area contributed by atoms with Crippen LogP contribution in [0.15, 0.2) is 29.3 Å². The Bertz CT molecular complexity index is 1740. The molecule has 1 aromatic carbocycles. The second kappa shape index (κ2) is 35.2. The zero-order chi connectivity index (χ0) is 49.3. The summed E-state index contributed by atoms with van der Waals surface area (Å²) in [5.41, 5.74) is 0.261. The van der Waals surface area contributed by atoms with Crippen LogP contribution in [0.3, 0.4) is 0 Å². The number of allylic oxidation sites excluding steroid dienone is 2. The molecule has 384 valence electrons. The van der Waals surface area contributed by atoms with Gasteiger partial charge in [-0.25, -0.2) is 8.78 Å². The van der Waals surface area contributed by atoms with Crippen LogP contribution < -0.4 is 10.1 Å². The third-order valence-electron chi connectivity index (χ3n) is 8.94. The molecule has 26 heteroatoms. The van der Waals surface area contributed by atoms with E-state index in [1.54, 1.807) is 7.05 Å². The lowest BCUT2D eigenvalue weighted by Gasteiger charge is -2.28. The number of ether oxygens (including phenoxy) is 11. The third-order valence-corrected chi connectivity index (χ3v) is 9.81. The molecule has 0 radical (unpaired) electrons. The maximum absolute atomic E-state index is 14.0. The van der Waals surface area contributed by atoms with Crippen molar-refractivity contribution in [1.82, 2.24) is 15.1 Å². The van der Waals surface area contributed by atoms with E-state index in [0.717, 1.165) is 0 Å². The molecular weight excluding hydrogens is 931 g/mol. The highest BCUT2D eigenvalue weighted by Gasteiger charge is 2.36. The minimum absolute atomic E-state index is 0.0177. The second-order valence-corrected chi connectivity index (χ2v) is 15.2. The number of hydrogen-bond acceptors (Lipinski definition) is 18. The fourth-order valence-electron chi connectivity index (χ4n) is 5.65.